The van der Waals surface area contributed by atoms with Crippen LogP contribution in [0, 0.1) is 0 Å². The molecule has 25 heavy (non-hydrogen) atoms. The number of carbonyl (C=O) groups excluding carboxylic acids is 1. The van der Waals surface area contributed by atoms with E-state index in [1.807, 2.05) is 61.5 Å². The van der Waals surface area contributed by atoms with Crippen LogP contribution in [0.3, 0.4) is 0 Å². The van der Waals surface area contributed by atoms with E-state index in [0.29, 0.717) is 25.3 Å². The predicted molar refractivity (Wildman–Crippen MR) is 96.5 cm³/mol. The molecule has 1 amide bonds. The zero-order valence-electron chi connectivity index (χ0n) is 14.2. The van der Waals surface area contributed by atoms with Gasteiger partial charge in [0.25, 0.3) is 5.91 Å². The maximum absolute atomic E-state index is 12.4. The number of ether oxygens (including phenoxy) is 1. The summed E-state index contributed by atoms with van der Waals surface area (Å²) in [5.74, 6) is -0.145. The SMILES string of the molecule is CCOCc1ccccc1CNC(=O)c1cnn(-c2ccccc2)c1. The fourth-order valence-corrected chi connectivity index (χ4v) is 2.52. The standard InChI is InChI=1S/C20H21N3O2/c1-2-25-15-17-9-7-6-8-16(17)12-21-20(24)18-13-22-23(14-18)19-10-4-3-5-11-19/h3-11,13-14H,2,12,15H2,1H3,(H,21,24). The van der Waals surface area contributed by atoms with Crippen LogP contribution in [0.5, 0.6) is 0 Å². The molecule has 3 aromatic rings. The maximum Gasteiger partial charge on any atom is 0.254 e. The van der Waals surface area contributed by atoms with Crippen LogP contribution in [-0.4, -0.2) is 22.3 Å². The average Bonchev–Trinajstić information content (AvgIpc) is 3.16. The lowest BCUT2D eigenvalue weighted by atomic mass is 10.1. The number of rotatable bonds is 7. The van der Waals surface area contributed by atoms with Gasteiger partial charge in [-0.2, -0.15) is 5.10 Å². The van der Waals surface area contributed by atoms with Gasteiger partial charge in [0.2, 0.25) is 0 Å². The number of para-hydroxylation sites is 1. The highest BCUT2D eigenvalue weighted by atomic mass is 16.5. The number of benzene rings is 2. The first-order valence-electron chi connectivity index (χ1n) is 8.30. The molecular weight excluding hydrogens is 314 g/mol. The molecule has 0 aliphatic heterocycles. The van der Waals surface area contributed by atoms with Crippen molar-refractivity contribution in [2.75, 3.05) is 6.61 Å². The van der Waals surface area contributed by atoms with Gasteiger partial charge in [-0.3, -0.25) is 4.79 Å². The van der Waals surface area contributed by atoms with Gasteiger partial charge in [0.05, 0.1) is 24.1 Å². The third-order valence-corrected chi connectivity index (χ3v) is 3.88. The second-order valence-electron chi connectivity index (χ2n) is 5.60. The zero-order chi connectivity index (χ0) is 17.5. The van der Waals surface area contributed by atoms with Crippen molar-refractivity contribution < 1.29 is 9.53 Å². The van der Waals surface area contributed by atoms with Crippen molar-refractivity contribution in [3.8, 4) is 5.69 Å². The Morgan fingerprint density at radius 3 is 2.56 bits per heavy atom. The van der Waals surface area contributed by atoms with E-state index in [1.54, 1.807) is 17.1 Å². The first kappa shape index (κ1) is 16.9. The highest BCUT2D eigenvalue weighted by Gasteiger charge is 2.10. The van der Waals surface area contributed by atoms with Crippen molar-refractivity contribution in [3.63, 3.8) is 0 Å². The van der Waals surface area contributed by atoms with Crippen LogP contribution in [0.25, 0.3) is 5.69 Å². The monoisotopic (exact) mass is 335 g/mol. The first-order chi connectivity index (χ1) is 12.3. The lowest BCUT2D eigenvalue weighted by Gasteiger charge is -2.10. The number of nitrogens with zero attached hydrogens (tertiary/aromatic N) is 2. The minimum atomic E-state index is -0.145. The summed E-state index contributed by atoms with van der Waals surface area (Å²) < 4.78 is 7.17. The topological polar surface area (TPSA) is 56.1 Å². The normalized spacial score (nSPS) is 10.6. The molecule has 0 saturated carbocycles. The molecule has 0 spiro atoms. The van der Waals surface area contributed by atoms with E-state index < -0.39 is 0 Å². The van der Waals surface area contributed by atoms with Gasteiger partial charge in [0.15, 0.2) is 0 Å². The molecule has 0 bridgehead atoms. The molecule has 2 aromatic carbocycles. The third kappa shape index (κ3) is 4.33. The van der Waals surface area contributed by atoms with Gasteiger partial charge in [0.1, 0.15) is 0 Å². The lowest BCUT2D eigenvalue weighted by molar-refractivity contribution is 0.0949. The van der Waals surface area contributed by atoms with Crippen LogP contribution in [0.15, 0.2) is 67.0 Å². The smallest absolute Gasteiger partial charge is 0.254 e. The van der Waals surface area contributed by atoms with Gasteiger partial charge in [-0.1, -0.05) is 42.5 Å². The summed E-state index contributed by atoms with van der Waals surface area (Å²) in [7, 11) is 0. The molecule has 0 unspecified atom stereocenters. The van der Waals surface area contributed by atoms with Crippen molar-refractivity contribution in [2.45, 2.75) is 20.1 Å². The molecule has 1 heterocycles. The molecule has 1 aromatic heterocycles. The molecule has 5 nitrogen and oxygen atoms in total. The fraction of sp³-hybridized carbons (Fsp3) is 0.200. The summed E-state index contributed by atoms with van der Waals surface area (Å²) in [5.41, 5.74) is 3.60. The zero-order valence-corrected chi connectivity index (χ0v) is 14.2. The van der Waals surface area contributed by atoms with Gasteiger partial charge in [-0.25, -0.2) is 4.68 Å². The van der Waals surface area contributed by atoms with E-state index >= 15 is 0 Å². The van der Waals surface area contributed by atoms with E-state index in [2.05, 4.69) is 10.4 Å². The molecule has 0 aliphatic carbocycles. The molecule has 0 aliphatic rings. The third-order valence-electron chi connectivity index (χ3n) is 3.88. The largest absolute Gasteiger partial charge is 0.377 e. The number of aromatic nitrogens is 2. The van der Waals surface area contributed by atoms with Gasteiger partial charge < -0.3 is 10.1 Å². The minimum absolute atomic E-state index is 0.145. The molecule has 0 fully saturated rings. The number of nitrogens with one attached hydrogen (secondary N) is 1. The Kier molecular flexibility index (Phi) is 5.59. The van der Waals surface area contributed by atoms with E-state index in [-0.39, 0.29) is 5.91 Å². The Labute approximate surface area is 147 Å². The quantitative estimate of drug-likeness (QED) is 0.720. The van der Waals surface area contributed by atoms with E-state index in [0.717, 1.165) is 16.8 Å². The van der Waals surface area contributed by atoms with Gasteiger partial charge in [-0.15, -0.1) is 0 Å². The van der Waals surface area contributed by atoms with Gasteiger partial charge in [-0.05, 0) is 30.2 Å². The maximum atomic E-state index is 12.4. The van der Waals surface area contributed by atoms with Crippen LogP contribution in [0.2, 0.25) is 0 Å². The number of amides is 1. The Morgan fingerprint density at radius 2 is 1.80 bits per heavy atom. The molecule has 128 valence electrons. The summed E-state index contributed by atoms with van der Waals surface area (Å²) in [6.45, 7) is 3.64. The minimum Gasteiger partial charge on any atom is -0.377 e. The number of carbonyl (C=O) groups is 1. The lowest BCUT2D eigenvalue weighted by Crippen LogP contribution is -2.23. The molecule has 0 atom stereocenters. The van der Waals surface area contributed by atoms with Gasteiger partial charge in [0, 0.05) is 19.3 Å². The average molecular weight is 335 g/mol. The summed E-state index contributed by atoms with van der Waals surface area (Å²) in [6.07, 6.45) is 3.31. The highest BCUT2D eigenvalue weighted by molar-refractivity contribution is 5.93. The van der Waals surface area contributed by atoms with Crippen molar-refractivity contribution in [2.24, 2.45) is 0 Å². The van der Waals surface area contributed by atoms with E-state index in [4.69, 9.17) is 4.74 Å². The molecule has 5 heteroatoms. The van der Waals surface area contributed by atoms with Crippen LogP contribution >= 0.6 is 0 Å². The second-order valence-corrected chi connectivity index (χ2v) is 5.60. The first-order valence-corrected chi connectivity index (χ1v) is 8.30. The van der Waals surface area contributed by atoms with Crippen LogP contribution in [0.4, 0.5) is 0 Å². The van der Waals surface area contributed by atoms with Gasteiger partial charge >= 0.3 is 0 Å². The number of hydrogen-bond donors (Lipinski definition) is 1. The Morgan fingerprint density at radius 1 is 1.08 bits per heavy atom. The fourth-order valence-electron chi connectivity index (χ4n) is 2.52. The Balaban J connectivity index is 1.65. The van der Waals surface area contributed by atoms with Crippen LogP contribution < -0.4 is 5.32 Å². The van der Waals surface area contributed by atoms with E-state index in [9.17, 15) is 4.79 Å². The molecular formula is C20H21N3O2. The van der Waals surface area contributed by atoms with Crippen molar-refractivity contribution in [1.29, 1.82) is 0 Å². The summed E-state index contributed by atoms with van der Waals surface area (Å²) in [4.78, 5) is 12.4. The summed E-state index contributed by atoms with van der Waals surface area (Å²) in [5, 5.41) is 7.21. The molecule has 0 saturated heterocycles. The number of hydrogen-bond acceptors (Lipinski definition) is 3. The van der Waals surface area contributed by atoms with Crippen molar-refractivity contribution in [3.05, 3.63) is 83.7 Å². The van der Waals surface area contributed by atoms with E-state index in [1.165, 1.54) is 0 Å². The second kappa shape index (κ2) is 8.26. The Hall–Kier alpha value is -2.92. The molecule has 1 N–H and O–H groups in total. The van der Waals surface area contributed by atoms with Crippen LogP contribution in [0.1, 0.15) is 28.4 Å². The molecule has 3 rings (SSSR count). The highest BCUT2D eigenvalue weighted by Crippen LogP contribution is 2.11. The summed E-state index contributed by atoms with van der Waals surface area (Å²) in [6, 6.07) is 17.7. The van der Waals surface area contributed by atoms with Crippen molar-refractivity contribution in [1.82, 2.24) is 15.1 Å². The predicted octanol–water partition coefficient (Wildman–Crippen LogP) is 3.34. The summed E-state index contributed by atoms with van der Waals surface area (Å²) >= 11 is 0. The molecule has 0 radical (unpaired) electrons. The Bertz CT molecular complexity index is 828. The van der Waals surface area contributed by atoms with Crippen molar-refractivity contribution >= 4 is 5.91 Å². The van der Waals surface area contributed by atoms with Crippen LogP contribution in [-0.2, 0) is 17.9 Å².